The van der Waals surface area contributed by atoms with Gasteiger partial charge in [0.1, 0.15) is 17.3 Å². The van der Waals surface area contributed by atoms with E-state index in [0.717, 1.165) is 6.07 Å². The molecule has 0 fully saturated rings. The molecule has 1 aliphatic heterocycles. The van der Waals surface area contributed by atoms with Crippen LogP contribution in [0.25, 0.3) is 0 Å². The van der Waals surface area contributed by atoms with Gasteiger partial charge in [0.25, 0.3) is 0 Å². The van der Waals surface area contributed by atoms with Crippen LogP contribution in [0.5, 0.6) is 0 Å². The molecular formula is C19H19ClF2N2O3. The van der Waals surface area contributed by atoms with Gasteiger partial charge in [-0.05, 0) is 29.8 Å². The second kappa shape index (κ2) is 8.08. The molecule has 1 amide bonds. The van der Waals surface area contributed by atoms with E-state index in [1.54, 1.807) is 26.0 Å². The van der Waals surface area contributed by atoms with Gasteiger partial charge in [-0.15, -0.1) is 0 Å². The maximum atomic E-state index is 14.0. The van der Waals surface area contributed by atoms with E-state index in [0.29, 0.717) is 17.9 Å². The number of rotatable bonds is 6. The largest absolute Gasteiger partial charge is 0.443 e. The number of hydrogen-bond donors (Lipinski definition) is 0. The van der Waals surface area contributed by atoms with Crippen LogP contribution in [-0.2, 0) is 16.2 Å². The molecule has 1 aromatic carbocycles. The zero-order valence-electron chi connectivity index (χ0n) is 14.9. The van der Waals surface area contributed by atoms with Crippen molar-refractivity contribution in [2.75, 3.05) is 6.54 Å². The minimum atomic E-state index is -0.689. The van der Waals surface area contributed by atoms with Crippen molar-refractivity contribution in [2.24, 2.45) is 11.1 Å². The molecule has 27 heavy (non-hydrogen) atoms. The van der Waals surface area contributed by atoms with Crippen LogP contribution in [0, 0.1) is 17.6 Å². The average molecular weight is 397 g/mol. The fraction of sp³-hybridized carbons (Fsp3) is 0.368. The average Bonchev–Trinajstić information content (AvgIpc) is 3.24. The van der Waals surface area contributed by atoms with Gasteiger partial charge in [-0.25, -0.2) is 8.78 Å². The number of furan rings is 1. The minimum absolute atomic E-state index is 0.0188. The summed E-state index contributed by atoms with van der Waals surface area (Å²) in [5, 5.41) is 4.25. The normalized spacial score (nSPS) is 16.4. The lowest BCUT2D eigenvalue weighted by Crippen LogP contribution is -2.39. The first-order valence-corrected chi connectivity index (χ1v) is 8.92. The van der Waals surface area contributed by atoms with Gasteiger partial charge in [-0.1, -0.05) is 25.1 Å². The molecule has 0 bridgehead atoms. The van der Waals surface area contributed by atoms with E-state index in [1.807, 2.05) is 0 Å². The predicted molar refractivity (Wildman–Crippen MR) is 96.4 cm³/mol. The van der Waals surface area contributed by atoms with Crippen LogP contribution >= 0.6 is 11.6 Å². The van der Waals surface area contributed by atoms with Gasteiger partial charge in [-0.3, -0.25) is 4.79 Å². The Hall–Kier alpha value is -2.41. The summed E-state index contributed by atoms with van der Waals surface area (Å²) < 4.78 is 32.5. The van der Waals surface area contributed by atoms with E-state index >= 15 is 0 Å². The molecule has 144 valence electrons. The third-order valence-electron chi connectivity index (χ3n) is 4.20. The van der Waals surface area contributed by atoms with Crippen molar-refractivity contribution in [1.29, 1.82) is 0 Å². The van der Waals surface area contributed by atoms with Crippen LogP contribution in [0.15, 0.2) is 39.9 Å². The third kappa shape index (κ3) is 4.66. The zero-order chi connectivity index (χ0) is 19.6. The fourth-order valence-electron chi connectivity index (χ4n) is 2.84. The van der Waals surface area contributed by atoms with Crippen molar-refractivity contribution in [3.8, 4) is 0 Å². The first kappa shape index (κ1) is 19.4. The molecule has 2 aromatic rings. The van der Waals surface area contributed by atoms with Gasteiger partial charge in [0.15, 0.2) is 17.1 Å². The van der Waals surface area contributed by atoms with Gasteiger partial charge in [0.05, 0.1) is 6.54 Å². The Bertz CT molecular complexity index is 866. The Kier molecular flexibility index (Phi) is 5.79. The maximum absolute atomic E-state index is 14.0. The highest BCUT2D eigenvalue weighted by Gasteiger charge is 2.29. The highest BCUT2D eigenvalue weighted by atomic mass is 35.5. The monoisotopic (exact) mass is 396 g/mol. The molecule has 0 unspecified atom stereocenters. The number of carbonyl (C=O) groups is 1. The molecule has 0 saturated heterocycles. The number of carbonyl (C=O) groups excluding carboxylic acids is 1. The highest BCUT2D eigenvalue weighted by molar-refractivity contribution is 6.29. The Balaban J connectivity index is 1.70. The van der Waals surface area contributed by atoms with E-state index in [-0.39, 0.29) is 35.7 Å². The van der Waals surface area contributed by atoms with E-state index in [9.17, 15) is 13.6 Å². The molecule has 3 rings (SSSR count). The number of hydrogen-bond acceptors (Lipinski definition) is 4. The van der Waals surface area contributed by atoms with Crippen LogP contribution in [0.1, 0.15) is 31.6 Å². The number of nitrogens with zero attached hydrogens (tertiary/aromatic N) is 2. The topological polar surface area (TPSA) is 55.0 Å². The molecule has 2 heterocycles. The number of halogens is 3. The Labute approximate surface area is 160 Å². The molecule has 0 saturated carbocycles. The van der Waals surface area contributed by atoms with Crippen molar-refractivity contribution in [3.63, 3.8) is 0 Å². The number of oxime groups is 1. The second-order valence-corrected chi connectivity index (χ2v) is 7.05. The van der Waals surface area contributed by atoms with E-state index < -0.39 is 17.7 Å². The van der Waals surface area contributed by atoms with E-state index in [2.05, 4.69) is 5.16 Å². The third-order valence-corrected chi connectivity index (χ3v) is 4.40. The van der Waals surface area contributed by atoms with Gasteiger partial charge < -0.3 is 14.2 Å². The van der Waals surface area contributed by atoms with Crippen LogP contribution < -0.4 is 0 Å². The summed E-state index contributed by atoms with van der Waals surface area (Å²) in [5.41, 5.74) is 0.833. The van der Waals surface area contributed by atoms with Crippen molar-refractivity contribution < 1.29 is 22.8 Å². The van der Waals surface area contributed by atoms with E-state index in [4.69, 9.17) is 20.9 Å². The first-order valence-electron chi connectivity index (χ1n) is 8.54. The summed E-state index contributed by atoms with van der Waals surface area (Å²) in [6, 6.07) is 6.62. The van der Waals surface area contributed by atoms with Gasteiger partial charge in [0.2, 0.25) is 5.91 Å². The lowest BCUT2D eigenvalue weighted by atomic mass is 10.1. The molecule has 0 radical (unpaired) electrons. The standard InChI is InChI=1S/C19H19ClF2N2O3/c1-11(2)19(25)24(9-12-3-4-13(21)7-15(12)22)10-14-8-16(23-27-14)17-5-6-18(20)26-17/h3-7,11,14H,8-10H2,1-2H3/t14-/m1/s1. The Morgan fingerprint density at radius 2 is 2.11 bits per heavy atom. The van der Waals surface area contributed by atoms with Crippen molar-refractivity contribution in [2.45, 2.75) is 32.9 Å². The summed E-state index contributed by atoms with van der Waals surface area (Å²) in [6.07, 6.45) is 0.0348. The van der Waals surface area contributed by atoms with Gasteiger partial charge in [0, 0.05) is 30.5 Å². The first-order chi connectivity index (χ1) is 12.8. The Morgan fingerprint density at radius 1 is 1.33 bits per heavy atom. The number of benzene rings is 1. The van der Waals surface area contributed by atoms with E-state index in [1.165, 1.54) is 17.0 Å². The maximum Gasteiger partial charge on any atom is 0.225 e. The van der Waals surface area contributed by atoms with Gasteiger partial charge >= 0.3 is 0 Å². The van der Waals surface area contributed by atoms with Crippen LogP contribution in [0.4, 0.5) is 8.78 Å². The van der Waals surface area contributed by atoms with Gasteiger partial charge in [-0.2, -0.15) is 0 Å². The van der Waals surface area contributed by atoms with Crippen LogP contribution in [0.3, 0.4) is 0 Å². The quantitative estimate of drug-likeness (QED) is 0.727. The van der Waals surface area contributed by atoms with Crippen LogP contribution in [0.2, 0.25) is 5.22 Å². The minimum Gasteiger partial charge on any atom is -0.443 e. The highest BCUT2D eigenvalue weighted by Crippen LogP contribution is 2.23. The lowest BCUT2D eigenvalue weighted by Gasteiger charge is -2.26. The summed E-state index contributed by atoms with van der Waals surface area (Å²) >= 11 is 5.77. The molecular weight excluding hydrogens is 378 g/mol. The smallest absolute Gasteiger partial charge is 0.225 e. The number of amides is 1. The fourth-order valence-corrected chi connectivity index (χ4v) is 2.99. The molecule has 0 spiro atoms. The summed E-state index contributed by atoms with van der Waals surface area (Å²) in [5.74, 6) is -1.27. The predicted octanol–water partition coefficient (Wildman–Crippen LogP) is 4.39. The molecule has 0 N–H and O–H groups in total. The molecule has 1 atom stereocenters. The van der Waals surface area contributed by atoms with Crippen LogP contribution in [-0.4, -0.2) is 29.2 Å². The summed E-state index contributed by atoms with van der Waals surface area (Å²) in [6.45, 7) is 3.76. The van der Waals surface area contributed by atoms with Crippen molar-refractivity contribution >= 4 is 23.2 Å². The second-order valence-electron chi connectivity index (χ2n) is 6.68. The molecule has 8 heteroatoms. The molecule has 1 aromatic heterocycles. The summed E-state index contributed by atoms with van der Waals surface area (Å²) in [4.78, 5) is 19.5. The van der Waals surface area contributed by atoms with Crippen molar-refractivity contribution in [3.05, 3.63) is 58.5 Å². The summed E-state index contributed by atoms with van der Waals surface area (Å²) in [7, 11) is 0. The SMILES string of the molecule is CC(C)C(=O)N(Cc1ccc(F)cc1F)C[C@H]1CC(c2ccc(Cl)o2)=NO1. The Morgan fingerprint density at radius 3 is 2.74 bits per heavy atom. The van der Waals surface area contributed by atoms with Crippen molar-refractivity contribution in [1.82, 2.24) is 4.90 Å². The molecule has 1 aliphatic rings. The molecule has 0 aliphatic carbocycles. The lowest BCUT2D eigenvalue weighted by molar-refractivity contribution is -0.137. The molecule has 5 nitrogen and oxygen atoms in total. The zero-order valence-corrected chi connectivity index (χ0v) is 15.7.